The predicted octanol–water partition coefficient (Wildman–Crippen LogP) is 3.94. The standard InChI is InChI=1S/C20H15FN2O2/c1-13-10-18(19(11-22)20(24)23-13)15-4-2-14(3-5-15)12-25-17-8-6-16(21)7-9-17/h2-10H,12H2,1H3,(H,23,24). The van der Waals surface area contributed by atoms with Gasteiger partial charge >= 0.3 is 0 Å². The largest absolute Gasteiger partial charge is 0.489 e. The minimum atomic E-state index is -0.388. The molecule has 5 heteroatoms. The summed E-state index contributed by atoms with van der Waals surface area (Å²) in [6, 6.07) is 17.0. The third-order valence-corrected chi connectivity index (χ3v) is 3.76. The Morgan fingerprint density at radius 1 is 1.12 bits per heavy atom. The number of aromatic nitrogens is 1. The number of aryl methyl sites for hydroxylation is 1. The summed E-state index contributed by atoms with van der Waals surface area (Å²) in [6.07, 6.45) is 0. The van der Waals surface area contributed by atoms with Gasteiger partial charge in [-0.2, -0.15) is 5.26 Å². The van der Waals surface area contributed by atoms with Crippen molar-refractivity contribution in [2.75, 3.05) is 0 Å². The molecular formula is C20H15FN2O2. The van der Waals surface area contributed by atoms with Crippen molar-refractivity contribution in [1.82, 2.24) is 4.98 Å². The van der Waals surface area contributed by atoms with E-state index in [1.165, 1.54) is 12.1 Å². The van der Waals surface area contributed by atoms with E-state index in [1.54, 1.807) is 25.1 Å². The Bertz CT molecular complexity index is 984. The second-order valence-electron chi connectivity index (χ2n) is 5.62. The fourth-order valence-electron chi connectivity index (χ4n) is 2.51. The molecule has 0 amide bonds. The molecule has 1 aromatic heterocycles. The Kier molecular flexibility index (Phi) is 4.62. The van der Waals surface area contributed by atoms with Crippen molar-refractivity contribution in [3.63, 3.8) is 0 Å². The molecule has 0 bridgehead atoms. The van der Waals surface area contributed by atoms with Gasteiger partial charge in [-0.3, -0.25) is 4.79 Å². The molecule has 0 spiro atoms. The highest BCUT2D eigenvalue weighted by atomic mass is 19.1. The van der Waals surface area contributed by atoms with Crippen molar-refractivity contribution < 1.29 is 9.13 Å². The van der Waals surface area contributed by atoms with E-state index in [0.717, 1.165) is 11.1 Å². The number of nitrogens with zero attached hydrogens (tertiary/aromatic N) is 1. The molecule has 124 valence electrons. The maximum Gasteiger partial charge on any atom is 0.266 e. The van der Waals surface area contributed by atoms with Gasteiger partial charge < -0.3 is 9.72 Å². The van der Waals surface area contributed by atoms with Crippen molar-refractivity contribution >= 4 is 0 Å². The van der Waals surface area contributed by atoms with E-state index in [-0.39, 0.29) is 16.9 Å². The van der Waals surface area contributed by atoms with Gasteiger partial charge in [0, 0.05) is 11.3 Å². The topological polar surface area (TPSA) is 65.9 Å². The van der Waals surface area contributed by atoms with Gasteiger partial charge in [0.15, 0.2) is 0 Å². The van der Waals surface area contributed by atoms with Gasteiger partial charge in [0.05, 0.1) is 0 Å². The Labute approximate surface area is 144 Å². The number of pyridine rings is 1. The zero-order valence-corrected chi connectivity index (χ0v) is 13.5. The first kappa shape index (κ1) is 16.5. The van der Waals surface area contributed by atoms with Crippen molar-refractivity contribution in [2.45, 2.75) is 13.5 Å². The van der Waals surface area contributed by atoms with Crippen LogP contribution in [0.2, 0.25) is 0 Å². The van der Waals surface area contributed by atoms with Gasteiger partial charge in [0.2, 0.25) is 0 Å². The summed E-state index contributed by atoms with van der Waals surface area (Å²) >= 11 is 0. The van der Waals surface area contributed by atoms with E-state index < -0.39 is 0 Å². The van der Waals surface area contributed by atoms with Gasteiger partial charge in [-0.25, -0.2) is 4.39 Å². The van der Waals surface area contributed by atoms with E-state index in [4.69, 9.17) is 4.74 Å². The predicted molar refractivity (Wildman–Crippen MR) is 92.7 cm³/mol. The van der Waals surface area contributed by atoms with Crippen LogP contribution in [0, 0.1) is 24.1 Å². The van der Waals surface area contributed by atoms with E-state index in [2.05, 4.69) is 4.98 Å². The maximum absolute atomic E-state index is 12.9. The number of nitrogens with one attached hydrogen (secondary N) is 1. The first-order valence-electron chi connectivity index (χ1n) is 7.68. The average molecular weight is 334 g/mol. The van der Waals surface area contributed by atoms with Crippen molar-refractivity contribution in [3.05, 3.63) is 87.6 Å². The second-order valence-corrected chi connectivity index (χ2v) is 5.62. The van der Waals surface area contributed by atoms with Crippen LogP contribution in [0.25, 0.3) is 11.1 Å². The molecule has 0 unspecified atom stereocenters. The van der Waals surface area contributed by atoms with Crippen LogP contribution in [-0.2, 0) is 6.61 Å². The van der Waals surface area contributed by atoms with Crippen LogP contribution >= 0.6 is 0 Å². The fourth-order valence-corrected chi connectivity index (χ4v) is 2.51. The SMILES string of the molecule is Cc1cc(-c2ccc(COc3ccc(F)cc3)cc2)c(C#N)c(=O)[nH]1. The molecule has 0 atom stereocenters. The van der Waals surface area contributed by atoms with Crippen molar-refractivity contribution in [3.8, 4) is 22.9 Å². The van der Waals surface area contributed by atoms with Gasteiger partial charge in [0.1, 0.15) is 29.8 Å². The summed E-state index contributed by atoms with van der Waals surface area (Å²) in [5.41, 5.74) is 2.73. The lowest BCUT2D eigenvalue weighted by molar-refractivity contribution is 0.306. The molecule has 0 saturated heterocycles. The number of rotatable bonds is 4. The Morgan fingerprint density at radius 3 is 2.44 bits per heavy atom. The second kappa shape index (κ2) is 7.02. The summed E-state index contributed by atoms with van der Waals surface area (Å²) in [5, 5.41) is 9.22. The highest BCUT2D eigenvalue weighted by Gasteiger charge is 2.10. The number of hydrogen-bond donors (Lipinski definition) is 1. The van der Waals surface area contributed by atoms with Crippen LogP contribution in [0.1, 0.15) is 16.8 Å². The summed E-state index contributed by atoms with van der Waals surface area (Å²) in [4.78, 5) is 14.5. The Hall–Kier alpha value is -3.39. The third kappa shape index (κ3) is 3.75. The molecule has 0 aliphatic rings. The highest BCUT2D eigenvalue weighted by Crippen LogP contribution is 2.23. The lowest BCUT2D eigenvalue weighted by atomic mass is 10.00. The van der Waals surface area contributed by atoms with Crippen LogP contribution < -0.4 is 10.3 Å². The summed E-state index contributed by atoms with van der Waals surface area (Å²) in [6.45, 7) is 2.11. The molecule has 3 rings (SSSR count). The van der Waals surface area contributed by atoms with Gasteiger partial charge in [-0.1, -0.05) is 24.3 Å². The molecule has 4 nitrogen and oxygen atoms in total. The lowest BCUT2D eigenvalue weighted by Crippen LogP contribution is -2.12. The molecule has 0 saturated carbocycles. The molecule has 0 aliphatic carbocycles. The maximum atomic E-state index is 12.9. The number of aromatic amines is 1. The lowest BCUT2D eigenvalue weighted by Gasteiger charge is -2.08. The van der Waals surface area contributed by atoms with E-state index in [0.29, 0.717) is 23.6 Å². The van der Waals surface area contributed by atoms with Crippen LogP contribution in [0.15, 0.2) is 59.4 Å². The Balaban J connectivity index is 1.80. The number of nitriles is 1. The number of ether oxygens (including phenoxy) is 1. The molecule has 3 aromatic rings. The third-order valence-electron chi connectivity index (χ3n) is 3.76. The van der Waals surface area contributed by atoms with Gasteiger partial charge in [-0.05, 0) is 48.4 Å². The van der Waals surface area contributed by atoms with Crippen LogP contribution in [0.4, 0.5) is 4.39 Å². The molecule has 0 aliphatic heterocycles. The molecule has 0 radical (unpaired) electrons. The summed E-state index contributed by atoms with van der Waals surface area (Å²) in [5.74, 6) is 0.278. The first-order valence-corrected chi connectivity index (χ1v) is 7.68. The van der Waals surface area contributed by atoms with Gasteiger partial charge in [0.25, 0.3) is 5.56 Å². The quantitative estimate of drug-likeness (QED) is 0.786. The minimum Gasteiger partial charge on any atom is -0.489 e. The molecule has 0 fully saturated rings. The molecule has 1 heterocycles. The van der Waals surface area contributed by atoms with Crippen LogP contribution in [-0.4, -0.2) is 4.98 Å². The Morgan fingerprint density at radius 2 is 1.80 bits per heavy atom. The zero-order valence-electron chi connectivity index (χ0n) is 13.5. The van der Waals surface area contributed by atoms with E-state index >= 15 is 0 Å². The fraction of sp³-hybridized carbons (Fsp3) is 0.100. The summed E-state index contributed by atoms with van der Waals surface area (Å²) in [7, 11) is 0. The smallest absolute Gasteiger partial charge is 0.266 e. The average Bonchev–Trinajstić information content (AvgIpc) is 2.61. The minimum absolute atomic E-state index is 0.0981. The zero-order chi connectivity index (χ0) is 17.8. The monoisotopic (exact) mass is 334 g/mol. The van der Waals surface area contributed by atoms with E-state index in [9.17, 15) is 14.4 Å². The molecule has 1 N–H and O–H groups in total. The highest BCUT2D eigenvalue weighted by molar-refractivity contribution is 5.70. The summed E-state index contributed by atoms with van der Waals surface area (Å²) < 4.78 is 18.5. The van der Waals surface area contributed by atoms with E-state index in [1.807, 2.05) is 30.3 Å². The number of H-pyrrole nitrogens is 1. The molecule has 25 heavy (non-hydrogen) atoms. The van der Waals surface area contributed by atoms with Crippen molar-refractivity contribution in [2.24, 2.45) is 0 Å². The number of hydrogen-bond acceptors (Lipinski definition) is 3. The van der Waals surface area contributed by atoms with Gasteiger partial charge in [-0.15, -0.1) is 0 Å². The molecule has 2 aromatic carbocycles. The normalized spacial score (nSPS) is 10.3. The van der Waals surface area contributed by atoms with Crippen LogP contribution in [0.5, 0.6) is 5.75 Å². The van der Waals surface area contributed by atoms with Crippen molar-refractivity contribution in [1.29, 1.82) is 5.26 Å². The first-order chi connectivity index (χ1) is 12.1. The number of halogens is 1. The van der Waals surface area contributed by atoms with Crippen LogP contribution in [0.3, 0.4) is 0 Å². The molecular weight excluding hydrogens is 319 g/mol. The number of benzene rings is 2.